The Balaban J connectivity index is 2.15. The number of benzene rings is 1. The molecule has 3 heteroatoms. The van der Waals surface area contributed by atoms with Gasteiger partial charge >= 0.3 is 0 Å². The summed E-state index contributed by atoms with van der Waals surface area (Å²) >= 11 is 0. The van der Waals surface area contributed by atoms with E-state index in [2.05, 4.69) is 4.98 Å². The Kier molecular flexibility index (Phi) is 3.95. The van der Waals surface area contributed by atoms with Crippen molar-refractivity contribution in [2.45, 2.75) is 27.1 Å². The molecule has 1 aromatic carbocycles. The van der Waals surface area contributed by atoms with E-state index in [1.54, 1.807) is 6.20 Å². The summed E-state index contributed by atoms with van der Waals surface area (Å²) in [6.07, 6.45) is 1.76. The Bertz CT molecular complexity index is 500. The normalized spacial score (nSPS) is 10.4. The molecule has 0 radical (unpaired) electrons. The molecule has 0 atom stereocenters. The third-order valence-corrected chi connectivity index (χ3v) is 2.79. The molecule has 0 aliphatic rings. The topological polar surface area (TPSA) is 42.4 Å². The van der Waals surface area contributed by atoms with Crippen molar-refractivity contribution < 1.29 is 9.84 Å². The van der Waals surface area contributed by atoms with Gasteiger partial charge in [-0.25, -0.2) is 0 Å². The number of aliphatic hydroxyl groups excluding tert-OH is 1. The van der Waals surface area contributed by atoms with Crippen LogP contribution in [0.15, 0.2) is 36.5 Å². The smallest absolute Gasteiger partial charge is 0.130 e. The second-order valence-corrected chi connectivity index (χ2v) is 4.33. The monoisotopic (exact) mass is 243 g/mol. The number of ether oxygens (including phenoxy) is 1. The Morgan fingerprint density at radius 3 is 2.44 bits per heavy atom. The van der Waals surface area contributed by atoms with Crippen LogP contribution < -0.4 is 4.74 Å². The van der Waals surface area contributed by atoms with Gasteiger partial charge in [0.05, 0.1) is 12.3 Å². The number of aliphatic hydroxyl groups is 1. The van der Waals surface area contributed by atoms with E-state index in [1.807, 2.05) is 44.2 Å². The number of hydrogen-bond acceptors (Lipinski definition) is 3. The van der Waals surface area contributed by atoms with Crippen molar-refractivity contribution in [1.29, 1.82) is 0 Å². The highest BCUT2D eigenvalue weighted by Gasteiger charge is 2.06. The van der Waals surface area contributed by atoms with E-state index in [0.717, 1.165) is 28.1 Å². The molecule has 2 aromatic rings. The van der Waals surface area contributed by atoms with Crippen molar-refractivity contribution in [2.24, 2.45) is 0 Å². The van der Waals surface area contributed by atoms with Crippen molar-refractivity contribution in [3.8, 4) is 5.75 Å². The summed E-state index contributed by atoms with van der Waals surface area (Å²) in [5.41, 5.74) is 3.89. The fourth-order valence-corrected chi connectivity index (χ4v) is 1.99. The van der Waals surface area contributed by atoms with Crippen molar-refractivity contribution in [3.63, 3.8) is 0 Å². The fourth-order valence-electron chi connectivity index (χ4n) is 1.99. The fraction of sp³-hybridized carbons (Fsp3) is 0.267. The van der Waals surface area contributed by atoms with Gasteiger partial charge in [-0.2, -0.15) is 0 Å². The van der Waals surface area contributed by atoms with Crippen LogP contribution >= 0.6 is 0 Å². The van der Waals surface area contributed by atoms with Gasteiger partial charge in [0, 0.05) is 6.20 Å². The molecule has 18 heavy (non-hydrogen) atoms. The van der Waals surface area contributed by atoms with Crippen LogP contribution in [-0.2, 0) is 13.2 Å². The maximum absolute atomic E-state index is 9.13. The van der Waals surface area contributed by atoms with E-state index in [1.165, 1.54) is 0 Å². The Hall–Kier alpha value is -1.87. The zero-order valence-electron chi connectivity index (χ0n) is 10.7. The van der Waals surface area contributed by atoms with E-state index in [0.29, 0.717) is 6.61 Å². The SMILES string of the molecule is Cc1cc(CO)cc(C)c1OCc1ccccn1. The molecule has 94 valence electrons. The molecule has 3 nitrogen and oxygen atoms in total. The highest BCUT2D eigenvalue weighted by Crippen LogP contribution is 2.25. The summed E-state index contributed by atoms with van der Waals surface area (Å²) in [4.78, 5) is 4.22. The third-order valence-electron chi connectivity index (χ3n) is 2.79. The second kappa shape index (κ2) is 5.65. The van der Waals surface area contributed by atoms with Crippen LogP contribution in [0.25, 0.3) is 0 Å². The maximum atomic E-state index is 9.13. The molecule has 1 aromatic heterocycles. The quantitative estimate of drug-likeness (QED) is 0.897. The number of aromatic nitrogens is 1. The first kappa shape index (κ1) is 12.6. The van der Waals surface area contributed by atoms with E-state index >= 15 is 0 Å². The summed E-state index contributed by atoms with van der Waals surface area (Å²) in [6.45, 7) is 4.49. The Labute approximate surface area is 107 Å². The van der Waals surface area contributed by atoms with Crippen molar-refractivity contribution >= 4 is 0 Å². The molecule has 1 heterocycles. The standard InChI is InChI=1S/C15H17NO2/c1-11-7-13(9-17)8-12(2)15(11)18-10-14-5-3-4-6-16-14/h3-8,17H,9-10H2,1-2H3. The molecule has 0 saturated carbocycles. The van der Waals surface area contributed by atoms with E-state index < -0.39 is 0 Å². The summed E-state index contributed by atoms with van der Waals surface area (Å²) in [7, 11) is 0. The van der Waals surface area contributed by atoms with Crippen LogP contribution in [0.2, 0.25) is 0 Å². The van der Waals surface area contributed by atoms with Crippen LogP contribution in [-0.4, -0.2) is 10.1 Å². The predicted molar refractivity (Wildman–Crippen MR) is 70.4 cm³/mol. The van der Waals surface area contributed by atoms with Crippen LogP contribution in [0.1, 0.15) is 22.4 Å². The number of aryl methyl sites for hydroxylation is 2. The Morgan fingerprint density at radius 1 is 1.17 bits per heavy atom. The minimum absolute atomic E-state index is 0.0577. The van der Waals surface area contributed by atoms with Crippen LogP contribution in [0, 0.1) is 13.8 Å². The van der Waals surface area contributed by atoms with Crippen molar-refractivity contribution in [2.75, 3.05) is 0 Å². The predicted octanol–water partition coefficient (Wildman–Crippen LogP) is 2.77. The maximum Gasteiger partial charge on any atom is 0.130 e. The van der Waals surface area contributed by atoms with Crippen LogP contribution in [0.5, 0.6) is 5.75 Å². The van der Waals surface area contributed by atoms with E-state index in [9.17, 15) is 0 Å². The number of pyridine rings is 1. The molecule has 0 aliphatic heterocycles. The van der Waals surface area contributed by atoms with Gasteiger partial charge in [0.25, 0.3) is 0 Å². The van der Waals surface area contributed by atoms with Crippen LogP contribution in [0.3, 0.4) is 0 Å². The Morgan fingerprint density at radius 2 is 1.89 bits per heavy atom. The van der Waals surface area contributed by atoms with E-state index in [-0.39, 0.29) is 6.61 Å². The lowest BCUT2D eigenvalue weighted by atomic mass is 10.1. The van der Waals surface area contributed by atoms with Gasteiger partial charge < -0.3 is 9.84 Å². The van der Waals surface area contributed by atoms with Crippen molar-refractivity contribution in [1.82, 2.24) is 4.98 Å². The molecule has 0 fully saturated rings. The first-order chi connectivity index (χ1) is 8.70. The number of rotatable bonds is 4. The molecule has 0 bridgehead atoms. The molecule has 0 saturated heterocycles. The van der Waals surface area contributed by atoms with Crippen molar-refractivity contribution in [3.05, 3.63) is 58.9 Å². The number of nitrogens with zero attached hydrogens (tertiary/aromatic N) is 1. The first-order valence-electron chi connectivity index (χ1n) is 5.94. The largest absolute Gasteiger partial charge is 0.487 e. The molecule has 0 spiro atoms. The molecular weight excluding hydrogens is 226 g/mol. The molecule has 2 rings (SSSR count). The van der Waals surface area contributed by atoms with Gasteiger partial charge in [-0.15, -0.1) is 0 Å². The molecule has 0 unspecified atom stereocenters. The van der Waals surface area contributed by atoms with Gasteiger partial charge in [-0.1, -0.05) is 18.2 Å². The third kappa shape index (κ3) is 2.87. The summed E-state index contributed by atoms with van der Waals surface area (Å²) < 4.78 is 5.81. The van der Waals surface area contributed by atoms with Gasteiger partial charge in [-0.05, 0) is 42.7 Å². The zero-order chi connectivity index (χ0) is 13.0. The highest BCUT2D eigenvalue weighted by molar-refractivity contribution is 5.43. The van der Waals surface area contributed by atoms with Gasteiger partial charge in [0.1, 0.15) is 12.4 Å². The lowest BCUT2D eigenvalue weighted by molar-refractivity contribution is 0.279. The average molecular weight is 243 g/mol. The first-order valence-corrected chi connectivity index (χ1v) is 5.94. The van der Waals surface area contributed by atoms with Gasteiger partial charge in [0.2, 0.25) is 0 Å². The highest BCUT2D eigenvalue weighted by atomic mass is 16.5. The molecule has 1 N–H and O–H groups in total. The summed E-state index contributed by atoms with van der Waals surface area (Å²) in [5.74, 6) is 0.873. The lowest BCUT2D eigenvalue weighted by Crippen LogP contribution is -2.01. The lowest BCUT2D eigenvalue weighted by Gasteiger charge is -2.13. The van der Waals surface area contributed by atoms with E-state index in [4.69, 9.17) is 9.84 Å². The second-order valence-electron chi connectivity index (χ2n) is 4.33. The minimum Gasteiger partial charge on any atom is -0.487 e. The summed E-state index contributed by atoms with van der Waals surface area (Å²) in [6, 6.07) is 9.66. The van der Waals surface area contributed by atoms with Crippen LogP contribution in [0.4, 0.5) is 0 Å². The zero-order valence-corrected chi connectivity index (χ0v) is 10.7. The average Bonchev–Trinajstić information content (AvgIpc) is 2.38. The number of hydrogen-bond donors (Lipinski definition) is 1. The van der Waals surface area contributed by atoms with Gasteiger partial charge in [0.15, 0.2) is 0 Å². The minimum atomic E-state index is 0.0577. The molecule has 0 amide bonds. The molecular formula is C15H17NO2. The van der Waals surface area contributed by atoms with Gasteiger partial charge in [-0.3, -0.25) is 4.98 Å². The summed E-state index contributed by atoms with van der Waals surface area (Å²) in [5, 5.41) is 9.13. The molecule has 0 aliphatic carbocycles.